The molecule has 37 heavy (non-hydrogen) atoms. The van der Waals surface area contributed by atoms with Crippen molar-refractivity contribution >= 4 is 11.9 Å². The lowest BCUT2D eigenvalue weighted by Gasteiger charge is -2.46. The molecule has 0 aromatic heterocycles. The largest absolute Gasteiger partial charge is 0.462 e. The third-order valence-electron chi connectivity index (χ3n) is 7.79. The van der Waals surface area contributed by atoms with E-state index in [1.807, 2.05) is 0 Å². The molecule has 0 aromatic rings. The van der Waals surface area contributed by atoms with E-state index in [0.717, 1.165) is 77.0 Å². The van der Waals surface area contributed by atoms with Crippen LogP contribution in [0.2, 0.25) is 0 Å². The van der Waals surface area contributed by atoms with Gasteiger partial charge in [0.05, 0.1) is 5.92 Å². The van der Waals surface area contributed by atoms with Gasteiger partial charge in [-0.25, -0.2) is 0 Å². The highest BCUT2D eigenvalue weighted by atomic mass is 16.5. The maximum absolute atomic E-state index is 13.0. The van der Waals surface area contributed by atoms with E-state index in [1.165, 1.54) is 0 Å². The quantitative estimate of drug-likeness (QED) is 0.204. The van der Waals surface area contributed by atoms with Crippen molar-refractivity contribution in [3.05, 3.63) is 0 Å². The lowest BCUT2D eigenvalue weighted by molar-refractivity contribution is -0.159. The second-order valence-corrected chi connectivity index (χ2v) is 14.6. The SMILES string of the molecule is CCCC(CCCCCCCC(=O)OC1CC(C)(C)NC(C)(C)C1)C(=O)OC1CC(C)(C)NC(C)(C)C1. The van der Waals surface area contributed by atoms with Crippen LogP contribution in [-0.2, 0) is 19.1 Å². The molecule has 6 heteroatoms. The zero-order valence-electron chi connectivity index (χ0n) is 25.6. The Labute approximate surface area is 227 Å². The van der Waals surface area contributed by atoms with Crippen LogP contribution < -0.4 is 10.6 Å². The molecule has 0 radical (unpaired) electrons. The maximum atomic E-state index is 13.0. The van der Waals surface area contributed by atoms with Crippen molar-refractivity contribution in [1.82, 2.24) is 10.6 Å². The molecule has 2 fully saturated rings. The van der Waals surface area contributed by atoms with Gasteiger partial charge in [-0.15, -0.1) is 0 Å². The number of nitrogens with one attached hydrogen (secondary N) is 2. The fourth-order valence-electron chi connectivity index (χ4n) is 7.05. The molecule has 1 unspecified atom stereocenters. The van der Waals surface area contributed by atoms with Gasteiger partial charge in [0.1, 0.15) is 12.2 Å². The highest BCUT2D eigenvalue weighted by molar-refractivity contribution is 5.72. The normalized spacial score (nSPS) is 23.8. The van der Waals surface area contributed by atoms with E-state index < -0.39 is 0 Å². The second kappa shape index (κ2) is 13.3. The zero-order chi connectivity index (χ0) is 27.9. The topological polar surface area (TPSA) is 76.7 Å². The average molecular weight is 523 g/mol. The molecule has 0 saturated carbocycles. The molecule has 2 aliphatic heterocycles. The van der Waals surface area contributed by atoms with Gasteiger partial charge in [0.25, 0.3) is 0 Å². The zero-order valence-corrected chi connectivity index (χ0v) is 25.6. The minimum Gasteiger partial charge on any atom is -0.462 e. The van der Waals surface area contributed by atoms with Gasteiger partial charge in [-0.1, -0.05) is 39.0 Å². The van der Waals surface area contributed by atoms with Crippen molar-refractivity contribution in [1.29, 1.82) is 0 Å². The molecule has 0 spiro atoms. The first-order chi connectivity index (χ1) is 17.0. The molecule has 2 saturated heterocycles. The van der Waals surface area contributed by atoms with Crippen LogP contribution in [0.5, 0.6) is 0 Å². The smallest absolute Gasteiger partial charge is 0.309 e. The van der Waals surface area contributed by atoms with Gasteiger partial charge in [-0.3, -0.25) is 9.59 Å². The molecular formula is C31H58N2O4. The standard InChI is InChI=1S/C31H58N2O4/c1-10-16-23(27(35)37-25-21-30(6,7)33-31(8,9)22-25)17-14-12-11-13-15-18-26(34)36-24-19-28(2,3)32-29(4,5)20-24/h23-25,32-33H,10-22H2,1-9H3. The molecule has 6 nitrogen and oxygen atoms in total. The number of piperidine rings is 2. The highest BCUT2D eigenvalue weighted by Crippen LogP contribution is 2.32. The summed E-state index contributed by atoms with van der Waals surface area (Å²) in [6, 6.07) is 0. The molecule has 0 amide bonds. The predicted molar refractivity (Wildman–Crippen MR) is 152 cm³/mol. The number of carbonyl (C=O) groups excluding carboxylic acids is 2. The van der Waals surface area contributed by atoms with Gasteiger partial charge < -0.3 is 20.1 Å². The van der Waals surface area contributed by atoms with E-state index >= 15 is 0 Å². The summed E-state index contributed by atoms with van der Waals surface area (Å²) in [4.78, 5) is 25.4. The van der Waals surface area contributed by atoms with Gasteiger partial charge in [0.15, 0.2) is 0 Å². The molecule has 2 N–H and O–H groups in total. The second-order valence-electron chi connectivity index (χ2n) is 14.6. The van der Waals surface area contributed by atoms with E-state index in [0.29, 0.717) is 6.42 Å². The predicted octanol–water partition coefficient (Wildman–Crippen LogP) is 6.84. The fourth-order valence-corrected chi connectivity index (χ4v) is 7.05. The van der Waals surface area contributed by atoms with Crippen LogP contribution in [0.3, 0.4) is 0 Å². The average Bonchev–Trinajstić information content (AvgIpc) is 2.67. The maximum Gasteiger partial charge on any atom is 0.309 e. The van der Waals surface area contributed by atoms with Gasteiger partial charge in [-0.2, -0.15) is 0 Å². The van der Waals surface area contributed by atoms with Crippen LogP contribution in [0.4, 0.5) is 0 Å². The van der Waals surface area contributed by atoms with E-state index in [1.54, 1.807) is 0 Å². The van der Waals surface area contributed by atoms with Crippen LogP contribution >= 0.6 is 0 Å². The Kier molecular flexibility index (Phi) is 11.5. The Morgan fingerprint density at radius 3 is 1.59 bits per heavy atom. The van der Waals surface area contributed by atoms with Crippen molar-refractivity contribution in [3.8, 4) is 0 Å². The van der Waals surface area contributed by atoms with Gasteiger partial charge in [0, 0.05) is 54.3 Å². The lowest BCUT2D eigenvalue weighted by atomic mass is 9.81. The summed E-state index contributed by atoms with van der Waals surface area (Å²) in [7, 11) is 0. The summed E-state index contributed by atoms with van der Waals surface area (Å²) in [6.45, 7) is 19.6. The molecule has 2 rings (SSSR count). The van der Waals surface area contributed by atoms with Crippen molar-refractivity contribution in [2.75, 3.05) is 0 Å². The fraction of sp³-hybridized carbons (Fsp3) is 0.935. The van der Waals surface area contributed by atoms with E-state index in [4.69, 9.17) is 9.47 Å². The van der Waals surface area contributed by atoms with Gasteiger partial charge in [-0.05, 0) is 74.7 Å². The summed E-state index contributed by atoms with van der Waals surface area (Å²) in [5.41, 5.74) is -0.0919. The molecular weight excluding hydrogens is 464 g/mol. The molecule has 2 aliphatic rings. The van der Waals surface area contributed by atoms with E-state index in [-0.39, 0.29) is 52.2 Å². The Bertz CT molecular complexity index is 711. The van der Waals surface area contributed by atoms with Crippen molar-refractivity contribution < 1.29 is 19.1 Å². The number of rotatable bonds is 13. The number of ether oxygens (including phenoxy) is 2. The molecule has 0 aromatic carbocycles. The monoisotopic (exact) mass is 522 g/mol. The summed E-state index contributed by atoms with van der Waals surface area (Å²) in [5, 5.41) is 7.29. The minimum absolute atomic E-state index is 0.000396. The molecule has 0 bridgehead atoms. The lowest BCUT2D eigenvalue weighted by Crippen LogP contribution is -2.59. The number of unbranched alkanes of at least 4 members (excludes halogenated alkanes) is 4. The first-order valence-corrected chi connectivity index (χ1v) is 15.0. The van der Waals surface area contributed by atoms with Crippen LogP contribution in [0.25, 0.3) is 0 Å². The molecule has 2 heterocycles. The van der Waals surface area contributed by atoms with Crippen molar-refractivity contribution in [2.24, 2.45) is 5.92 Å². The minimum atomic E-state index is -0.0616. The van der Waals surface area contributed by atoms with Crippen LogP contribution in [0, 0.1) is 5.92 Å². The number of hydrogen-bond donors (Lipinski definition) is 2. The van der Waals surface area contributed by atoms with Crippen molar-refractivity contribution in [3.63, 3.8) is 0 Å². The Balaban J connectivity index is 1.64. The summed E-state index contributed by atoms with van der Waals surface area (Å²) < 4.78 is 11.9. The van der Waals surface area contributed by atoms with E-state index in [2.05, 4.69) is 72.9 Å². The Morgan fingerprint density at radius 1 is 0.676 bits per heavy atom. The van der Waals surface area contributed by atoms with Crippen LogP contribution in [-0.4, -0.2) is 46.3 Å². The summed E-state index contributed by atoms with van der Waals surface area (Å²) in [6.07, 6.45) is 11.8. The van der Waals surface area contributed by atoms with Gasteiger partial charge in [0.2, 0.25) is 0 Å². The Hall–Kier alpha value is -1.14. The number of carbonyl (C=O) groups is 2. The highest BCUT2D eigenvalue weighted by Gasteiger charge is 2.40. The molecule has 216 valence electrons. The number of esters is 2. The molecule has 0 aliphatic carbocycles. The van der Waals surface area contributed by atoms with E-state index in [9.17, 15) is 9.59 Å². The van der Waals surface area contributed by atoms with Gasteiger partial charge >= 0.3 is 11.9 Å². The summed E-state index contributed by atoms with van der Waals surface area (Å²) >= 11 is 0. The number of hydrogen-bond acceptors (Lipinski definition) is 6. The Morgan fingerprint density at radius 2 is 1.11 bits per heavy atom. The third-order valence-corrected chi connectivity index (χ3v) is 7.79. The third kappa shape index (κ3) is 12.1. The van der Waals surface area contributed by atoms with Crippen LogP contribution in [0.15, 0.2) is 0 Å². The summed E-state index contributed by atoms with van der Waals surface area (Å²) in [5.74, 6) is -0.0690. The first-order valence-electron chi connectivity index (χ1n) is 15.0. The van der Waals surface area contributed by atoms with Crippen molar-refractivity contribution in [2.45, 2.75) is 180 Å². The molecule has 1 atom stereocenters. The first kappa shape index (κ1) is 32.1. The van der Waals surface area contributed by atoms with Crippen LogP contribution in [0.1, 0.15) is 146 Å².